The number of benzene rings is 3. The van der Waals surface area contributed by atoms with Gasteiger partial charge >= 0.3 is 0 Å². The van der Waals surface area contributed by atoms with Crippen molar-refractivity contribution in [3.05, 3.63) is 94.6 Å². The molecule has 1 spiro atoms. The Bertz CT molecular complexity index is 1350. The molecule has 0 aliphatic carbocycles. The first-order chi connectivity index (χ1) is 19.7. The van der Waals surface area contributed by atoms with Gasteiger partial charge in [0.2, 0.25) is 0 Å². The number of alkyl halides is 2. The van der Waals surface area contributed by atoms with Gasteiger partial charge in [-0.05, 0) is 73.2 Å². The SMILES string of the molecule is CC(F)(F)CN1CCc2cc(OCc3ccccc3)ccc2C1c1c(F)cc(N2CCC3(CCCNC3)C2)cc1F. The van der Waals surface area contributed by atoms with Crippen LogP contribution in [0.25, 0.3) is 0 Å². The number of nitrogens with zero attached hydrogens (tertiary/aromatic N) is 2. The van der Waals surface area contributed by atoms with Crippen LogP contribution in [0.1, 0.15) is 54.5 Å². The van der Waals surface area contributed by atoms with E-state index in [2.05, 4.69) is 10.2 Å². The summed E-state index contributed by atoms with van der Waals surface area (Å²) in [6.45, 7) is 4.32. The van der Waals surface area contributed by atoms with E-state index in [1.165, 1.54) is 17.0 Å². The van der Waals surface area contributed by atoms with E-state index in [4.69, 9.17) is 4.74 Å². The van der Waals surface area contributed by atoms with Gasteiger partial charge in [-0.15, -0.1) is 0 Å². The molecule has 2 unspecified atom stereocenters. The Morgan fingerprint density at radius 3 is 2.49 bits per heavy atom. The molecule has 3 aliphatic rings. The molecule has 2 saturated heterocycles. The molecule has 0 radical (unpaired) electrons. The zero-order chi connectivity index (χ0) is 28.6. The molecule has 3 aromatic carbocycles. The molecule has 0 bridgehead atoms. The Morgan fingerprint density at radius 1 is 1.00 bits per heavy atom. The second-order valence-corrected chi connectivity index (χ2v) is 12.1. The molecule has 3 aliphatic heterocycles. The number of halogens is 4. The van der Waals surface area contributed by atoms with Gasteiger partial charge in [-0.25, -0.2) is 17.6 Å². The van der Waals surface area contributed by atoms with Crippen molar-refractivity contribution in [3.8, 4) is 5.75 Å². The third kappa shape index (κ3) is 6.09. The summed E-state index contributed by atoms with van der Waals surface area (Å²) in [6, 6.07) is 17.0. The van der Waals surface area contributed by atoms with Crippen molar-refractivity contribution in [1.82, 2.24) is 10.2 Å². The fraction of sp³-hybridized carbons (Fsp3) is 0.455. The van der Waals surface area contributed by atoms with E-state index >= 15 is 8.78 Å². The first-order valence-electron chi connectivity index (χ1n) is 14.6. The molecule has 6 rings (SSSR count). The van der Waals surface area contributed by atoms with Crippen LogP contribution in [-0.4, -0.2) is 50.1 Å². The Labute approximate surface area is 239 Å². The molecule has 0 amide bonds. The number of piperidine rings is 1. The molecular formula is C33H37F4N3O. The number of hydrogen-bond donors (Lipinski definition) is 1. The molecule has 0 aromatic heterocycles. The van der Waals surface area contributed by atoms with Crippen LogP contribution in [-0.2, 0) is 13.0 Å². The monoisotopic (exact) mass is 567 g/mol. The molecular weight excluding hydrogens is 530 g/mol. The second-order valence-electron chi connectivity index (χ2n) is 12.1. The van der Waals surface area contributed by atoms with E-state index < -0.39 is 30.1 Å². The van der Waals surface area contributed by atoms with Crippen LogP contribution in [0.15, 0.2) is 60.7 Å². The van der Waals surface area contributed by atoms with Gasteiger partial charge in [0.05, 0.1) is 12.6 Å². The van der Waals surface area contributed by atoms with Gasteiger partial charge in [0.25, 0.3) is 5.92 Å². The van der Waals surface area contributed by atoms with E-state index in [1.807, 2.05) is 36.4 Å². The van der Waals surface area contributed by atoms with Gasteiger partial charge < -0.3 is 15.0 Å². The molecule has 3 aromatic rings. The molecule has 3 heterocycles. The number of ether oxygens (including phenoxy) is 1. The summed E-state index contributed by atoms with van der Waals surface area (Å²) < 4.78 is 66.4. The summed E-state index contributed by atoms with van der Waals surface area (Å²) in [6.07, 6.45) is 3.67. The Morgan fingerprint density at radius 2 is 1.78 bits per heavy atom. The minimum Gasteiger partial charge on any atom is -0.489 e. The van der Waals surface area contributed by atoms with Crippen LogP contribution >= 0.6 is 0 Å². The van der Waals surface area contributed by atoms with Crippen molar-refractivity contribution in [2.45, 2.75) is 51.2 Å². The van der Waals surface area contributed by atoms with Gasteiger partial charge in [0.1, 0.15) is 24.0 Å². The van der Waals surface area contributed by atoms with Crippen molar-refractivity contribution < 1.29 is 22.3 Å². The summed E-state index contributed by atoms with van der Waals surface area (Å²) in [4.78, 5) is 3.57. The summed E-state index contributed by atoms with van der Waals surface area (Å²) in [5.41, 5.74) is 2.98. The fourth-order valence-corrected chi connectivity index (χ4v) is 6.90. The molecule has 41 heavy (non-hydrogen) atoms. The van der Waals surface area contributed by atoms with Crippen LogP contribution in [0, 0.1) is 17.0 Å². The van der Waals surface area contributed by atoms with E-state index in [9.17, 15) is 8.78 Å². The highest BCUT2D eigenvalue weighted by Crippen LogP contribution is 2.43. The third-order valence-corrected chi connectivity index (χ3v) is 8.87. The van der Waals surface area contributed by atoms with E-state index in [1.54, 1.807) is 12.1 Å². The maximum Gasteiger partial charge on any atom is 0.257 e. The predicted octanol–water partition coefficient (Wildman–Crippen LogP) is 6.73. The van der Waals surface area contributed by atoms with Gasteiger partial charge in [-0.2, -0.15) is 0 Å². The summed E-state index contributed by atoms with van der Waals surface area (Å²) in [7, 11) is 0. The Kier molecular flexibility index (Phi) is 7.72. The first kappa shape index (κ1) is 28.0. The molecule has 8 heteroatoms. The lowest BCUT2D eigenvalue weighted by Crippen LogP contribution is -2.43. The third-order valence-electron chi connectivity index (χ3n) is 8.87. The first-order valence-corrected chi connectivity index (χ1v) is 14.6. The molecule has 2 fully saturated rings. The number of anilines is 1. The average molecular weight is 568 g/mol. The summed E-state index contributed by atoms with van der Waals surface area (Å²) in [5, 5.41) is 3.47. The highest BCUT2D eigenvalue weighted by Gasteiger charge is 2.41. The van der Waals surface area contributed by atoms with Gasteiger partial charge in [-0.1, -0.05) is 36.4 Å². The highest BCUT2D eigenvalue weighted by atomic mass is 19.3. The van der Waals surface area contributed by atoms with Gasteiger partial charge in [-0.3, -0.25) is 4.90 Å². The average Bonchev–Trinajstić information content (AvgIpc) is 3.35. The zero-order valence-electron chi connectivity index (χ0n) is 23.4. The molecule has 4 nitrogen and oxygen atoms in total. The predicted molar refractivity (Wildman–Crippen MR) is 153 cm³/mol. The molecule has 2 atom stereocenters. The van der Waals surface area contributed by atoms with E-state index in [0.29, 0.717) is 30.0 Å². The van der Waals surface area contributed by atoms with Gasteiger partial charge in [0, 0.05) is 49.8 Å². The molecule has 218 valence electrons. The maximum absolute atomic E-state index is 16.0. The molecule has 1 N–H and O–H groups in total. The van der Waals surface area contributed by atoms with E-state index in [0.717, 1.165) is 63.5 Å². The van der Waals surface area contributed by atoms with Crippen LogP contribution in [0.4, 0.5) is 23.2 Å². The number of nitrogens with one attached hydrogen (secondary N) is 1. The quantitative estimate of drug-likeness (QED) is 0.321. The largest absolute Gasteiger partial charge is 0.489 e. The Hall–Kier alpha value is -3.10. The Balaban J connectivity index is 1.30. The second kappa shape index (κ2) is 11.3. The topological polar surface area (TPSA) is 27.7 Å². The summed E-state index contributed by atoms with van der Waals surface area (Å²) >= 11 is 0. The van der Waals surface area contributed by atoms with Crippen molar-refractivity contribution >= 4 is 5.69 Å². The standard InChI is InChI=1S/C33H37F4N3O/c1-32(36,37)21-40-14-10-24-16-26(41-19-23-6-3-2-4-7-23)8-9-27(24)31(40)30-28(34)17-25(18-29(30)35)39-15-12-33(22-39)11-5-13-38-20-33/h2-4,6-9,16-18,31,38H,5,10-15,19-22H2,1H3. The van der Waals surface area contributed by atoms with E-state index in [-0.39, 0.29) is 17.5 Å². The number of rotatable bonds is 7. The lowest BCUT2D eigenvalue weighted by atomic mass is 9.80. The van der Waals surface area contributed by atoms with Crippen LogP contribution in [0.5, 0.6) is 5.75 Å². The normalized spacial score (nSPS) is 23.1. The van der Waals surface area contributed by atoms with Crippen molar-refractivity contribution in [2.24, 2.45) is 5.41 Å². The maximum atomic E-state index is 16.0. The number of fused-ring (bicyclic) bond motifs is 1. The van der Waals surface area contributed by atoms with Crippen LogP contribution in [0.2, 0.25) is 0 Å². The lowest BCUT2D eigenvalue weighted by molar-refractivity contribution is -0.0245. The van der Waals surface area contributed by atoms with Crippen LogP contribution in [0.3, 0.4) is 0 Å². The lowest BCUT2D eigenvalue weighted by Gasteiger charge is -2.39. The van der Waals surface area contributed by atoms with Crippen molar-refractivity contribution in [3.63, 3.8) is 0 Å². The van der Waals surface area contributed by atoms with Crippen LogP contribution < -0.4 is 15.0 Å². The summed E-state index contributed by atoms with van der Waals surface area (Å²) in [5.74, 6) is -3.78. The minimum atomic E-state index is -3.01. The highest BCUT2D eigenvalue weighted by molar-refractivity contribution is 5.53. The van der Waals surface area contributed by atoms with Gasteiger partial charge in [0.15, 0.2) is 0 Å². The number of hydrogen-bond acceptors (Lipinski definition) is 4. The zero-order valence-corrected chi connectivity index (χ0v) is 23.4. The minimum absolute atomic E-state index is 0.135. The smallest absolute Gasteiger partial charge is 0.257 e. The van der Waals surface area contributed by atoms with Crippen molar-refractivity contribution in [1.29, 1.82) is 0 Å². The molecule has 0 saturated carbocycles. The van der Waals surface area contributed by atoms with Crippen molar-refractivity contribution in [2.75, 3.05) is 44.2 Å². The fourth-order valence-electron chi connectivity index (χ4n) is 6.90.